The number of benzene rings is 2. The number of rotatable bonds is 7. The van der Waals surface area contributed by atoms with Crippen molar-refractivity contribution in [2.45, 2.75) is 38.9 Å². The van der Waals surface area contributed by atoms with Gasteiger partial charge in [-0.1, -0.05) is 23.7 Å². The van der Waals surface area contributed by atoms with Crippen molar-refractivity contribution in [1.29, 1.82) is 0 Å². The van der Waals surface area contributed by atoms with Gasteiger partial charge in [0, 0.05) is 29.3 Å². The Morgan fingerprint density at radius 2 is 1.81 bits per heavy atom. The Labute approximate surface area is 218 Å². The van der Waals surface area contributed by atoms with Crippen LogP contribution >= 0.6 is 22.9 Å². The molecule has 0 bridgehead atoms. The van der Waals surface area contributed by atoms with Gasteiger partial charge in [-0.25, -0.2) is 9.78 Å². The van der Waals surface area contributed by atoms with Gasteiger partial charge in [0.05, 0.1) is 18.8 Å². The lowest BCUT2D eigenvalue weighted by atomic mass is 10.1. The minimum Gasteiger partial charge on any atom is -0.487 e. The molecule has 1 saturated heterocycles. The van der Waals surface area contributed by atoms with E-state index in [9.17, 15) is 14.7 Å². The maximum atomic E-state index is 13.0. The molecule has 8 nitrogen and oxygen atoms in total. The molecular formula is C26H28ClN3O5S. The number of anilines is 1. The average Bonchev–Trinajstić information content (AvgIpc) is 3.20. The van der Waals surface area contributed by atoms with Gasteiger partial charge < -0.3 is 24.8 Å². The summed E-state index contributed by atoms with van der Waals surface area (Å²) >= 11 is 7.24. The van der Waals surface area contributed by atoms with E-state index in [1.807, 2.05) is 32.9 Å². The van der Waals surface area contributed by atoms with E-state index in [-0.39, 0.29) is 31.1 Å². The van der Waals surface area contributed by atoms with Crippen molar-refractivity contribution in [2.75, 3.05) is 25.0 Å². The minimum absolute atomic E-state index is 0.109. The molecule has 1 fully saturated rings. The summed E-state index contributed by atoms with van der Waals surface area (Å²) < 4.78 is 11.3. The SMILES string of the molecule is CC(C)(C)OC(=O)N1CC(Oc2ccc(NC(=O)c3sc(-c4ccc(Cl)cc4)nc3CCO)cc2)C1. The van der Waals surface area contributed by atoms with Gasteiger partial charge in [0.2, 0.25) is 0 Å². The number of aliphatic hydroxyl groups excluding tert-OH is 1. The first-order valence-corrected chi connectivity index (χ1v) is 12.7. The molecule has 0 aliphatic carbocycles. The average molecular weight is 530 g/mol. The number of aliphatic hydroxyl groups is 1. The summed E-state index contributed by atoms with van der Waals surface area (Å²) in [5.41, 5.74) is 1.47. The zero-order chi connectivity index (χ0) is 25.9. The largest absolute Gasteiger partial charge is 0.487 e. The molecule has 10 heteroatoms. The van der Waals surface area contributed by atoms with Crippen LogP contribution in [-0.4, -0.2) is 58.4 Å². The number of ether oxygens (including phenoxy) is 2. The summed E-state index contributed by atoms with van der Waals surface area (Å²) in [7, 11) is 0. The first kappa shape index (κ1) is 25.9. The summed E-state index contributed by atoms with van der Waals surface area (Å²) in [6.45, 7) is 6.31. The first-order chi connectivity index (χ1) is 17.1. The molecule has 190 valence electrons. The van der Waals surface area contributed by atoms with Crippen molar-refractivity contribution >= 4 is 40.6 Å². The van der Waals surface area contributed by atoms with Gasteiger partial charge in [0.25, 0.3) is 5.91 Å². The number of nitrogens with one attached hydrogen (secondary N) is 1. The van der Waals surface area contributed by atoms with Crippen molar-refractivity contribution in [3.63, 3.8) is 0 Å². The van der Waals surface area contributed by atoms with Gasteiger partial charge in [0.1, 0.15) is 27.3 Å². The molecule has 0 radical (unpaired) electrons. The summed E-state index contributed by atoms with van der Waals surface area (Å²) in [5.74, 6) is 0.349. The predicted molar refractivity (Wildman–Crippen MR) is 140 cm³/mol. The number of thiazole rings is 1. The summed E-state index contributed by atoms with van der Waals surface area (Å²) in [4.78, 5) is 31.7. The van der Waals surface area contributed by atoms with E-state index in [1.165, 1.54) is 11.3 Å². The van der Waals surface area contributed by atoms with Crippen molar-refractivity contribution in [2.24, 2.45) is 0 Å². The number of carbonyl (C=O) groups is 2. The van der Waals surface area contributed by atoms with Crippen molar-refractivity contribution in [3.05, 3.63) is 64.1 Å². The fraction of sp³-hybridized carbons (Fsp3) is 0.346. The number of aromatic nitrogens is 1. The Bertz CT molecular complexity index is 1220. The molecule has 1 aliphatic heterocycles. The molecule has 0 unspecified atom stereocenters. The van der Waals surface area contributed by atoms with Gasteiger partial charge in [-0.15, -0.1) is 11.3 Å². The number of hydrogen-bond acceptors (Lipinski definition) is 7. The number of likely N-dealkylation sites (tertiary alicyclic amines) is 1. The van der Waals surface area contributed by atoms with E-state index in [0.29, 0.717) is 45.1 Å². The third kappa shape index (κ3) is 6.54. The molecule has 2 amide bonds. The van der Waals surface area contributed by atoms with Crippen LogP contribution in [0.3, 0.4) is 0 Å². The van der Waals surface area contributed by atoms with Gasteiger partial charge in [0.15, 0.2) is 0 Å². The van der Waals surface area contributed by atoms with E-state index in [4.69, 9.17) is 21.1 Å². The lowest BCUT2D eigenvalue weighted by Gasteiger charge is -2.39. The number of carbonyl (C=O) groups excluding carboxylic acids is 2. The number of amides is 2. The first-order valence-electron chi connectivity index (χ1n) is 11.5. The highest BCUT2D eigenvalue weighted by Gasteiger charge is 2.35. The molecule has 0 atom stereocenters. The molecule has 3 aromatic rings. The number of nitrogens with zero attached hydrogens (tertiary/aromatic N) is 2. The number of hydrogen-bond donors (Lipinski definition) is 2. The number of halogens is 1. The molecule has 2 aromatic carbocycles. The zero-order valence-electron chi connectivity index (χ0n) is 20.3. The van der Waals surface area contributed by atoms with Crippen LogP contribution in [0, 0.1) is 0 Å². The van der Waals surface area contributed by atoms with Gasteiger partial charge in [-0.2, -0.15) is 0 Å². The normalized spacial score (nSPS) is 13.8. The van der Waals surface area contributed by atoms with Crippen LogP contribution < -0.4 is 10.1 Å². The zero-order valence-corrected chi connectivity index (χ0v) is 21.9. The van der Waals surface area contributed by atoms with Crippen LogP contribution in [0.15, 0.2) is 48.5 Å². The third-order valence-corrected chi connectivity index (χ3v) is 6.66. The molecule has 2 N–H and O–H groups in total. The fourth-order valence-electron chi connectivity index (χ4n) is 3.51. The Morgan fingerprint density at radius 1 is 1.14 bits per heavy atom. The minimum atomic E-state index is -0.529. The fourth-order valence-corrected chi connectivity index (χ4v) is 4.64. The Morgan fingerprint density at radius 3 is 2.42 bits per heavy atom. The highest BCUT2D eigenvalue weighted by molar-refractivity contribution is 7.17. The summed E-state index contributed by atoms with van der Waals surface area (Å²) in [5, 5.41) is 13.6. The molecule has 36 heavy (non-hydrogen) atoms. The highest BCUT2D eigenvalue weighted by Crippen LogP contribution is 2.30. The Kier molecular flexibility index (Phi) is 7.82. The second kappa shape index (κ2) is 10.9. The maximum Gasteiger partial charge on any atom is 0.410 e. The van der Waals surface area contributed by atoms with Crippen LogP contribution in [0.1, 0.15) is 36.1 Å². The molecule has 2 heterocycles. The monoisotopic (exact) mass is 529 g/mol. The van der Waals surface area contributed by atoms with E-state index >= 15 is 0 Å². The highest BCUT2D eigenvalue weighted by atomic mass is 35.5. The van der Waals surface area contributed by atoms with Crippen LogP contribution in [0.2, 0.25) is 5.02 Å². The van der Waals surface area contributed by atoms with E-state index in [2.05, 4.69) is 10.3 Å². The van der Waals surface area contributed by atoms with E-state index in [1.54, 1.807) is 41.3 Å². The third-order valence-electron chi connectivity index (χ3n) is 5.26. The summed E-state index contributed by atoms with van der Waals surface area (Å²) in [6.07, 6.45) is -0.174. The Balaban J connectivity index is 1.35. The smallest absolute Gasteiger partial charge is 0.410 e. The van der Waals surface area contributed by atoms with Crippen LogP contribution in [-0.2, 0) is 11.2 Å². The molecule has 1 aromatic heterocycles. The Hall–Kier alpha value is -3.14. The second-order valence-electron chi connectivity index (χ2n) is 9.38. The van der Waals surface area contributed by atoms with Gasteiger partial charge in [-0.05, 0) is 57.2 Å². The maximum absolute atomic E-state index is 13.0. The molecule has 0 saturated carbocycles. The van der Waals surface area contributed by atoms with Crippen molar-refractivity contribution in [1.82, 2.24) is 9.88 Å². The van der Waals surface area contributed by atoms with Crippen LogP contribution in [0.25, 0.3) is 10.6 Å². The summed E-state index contributed by atoms with van der Waals surface area (Å²) in [6, 6.07) is 14.3. The molecule has 0 spiro atoms. The van der Waals surface area contributed by atoms with Crippen LogP contribution in [0.5, 0.6) is 5.75 Å². The molecular weight excluding hydrogens is 502 g/mol. The lowest BCUT2D eigenvalue weighted by molar-refractivity contribution is -0.0221. The van der Waals surface area contributed by atoms with E-state index in [0.717, 1.165) is 5.56 Å². The second-order valence-corrected chi connectivity index (χ2v) is 10.8. The molecule has 4 rings (SSSR count). The molecule has 1 aliphatic rings. The van der Waals surface area contributed by atoms with Gasteiger partial charge >= 0.3 is 6.09 Å². The lowest BCUT2D eigenvalue weighted by Crippen LogP contribution is -2.57. The van der Waals surface area contributed by atoms with Gasteiger partial charge in [-0.3, -0.25) is 4.79 Å². The van der Waals surface area contributed by atoms with Crippen molar-refractivity contribution in [3.8, 4) is 16.3 Å². The topological polar surface area (TPSA) is 101 Å². The van der Waals surface area contributed by atoms with Crippen molar-refractivity contribution < 1.29 is 24.2 Å². The van der Waals surface area contributed by atoms with E-state index < -0.39 is 5.60 Å². The standard InChI is InChI=1S/C26H28ClN3O5S/c1-26(2,3)35-25(33)30-14-20(15-30)34-19-10-8-18(9-11-19)28-23(32)22-21(12-13-31)29-24(36-22)16-4-6-17(27)7-5-16/h4-11,20,31H,12-15H2,1-3H3,(H,28,32). The quantitative estimate of drug-likeness (QED) is 0.433. The predicted octanol–water partition coefficient (Wildman–Crippen LogP) is 5.25. The van der Waals surface area contributed by atoms with Crippen LogP contribution in [0.4, 0.5) is 10.5 Å².